The maximum atomic E-state index is 13.4. The molecular formula is C34H40N2O4. The summed E-state index contributed by atoms with van der Waals surface area (Å²) in [6.45, 7) is 14.4. The van der Waals surface area contributed by atoms with Gasteiger partial charge in [0.25, 0.3) is 0 Å². The highest BCUT2D eigenvalue weighted by Gasteiger charge is 2.74. The molecule has 1 saturated carbocycles. The van der Waals surface area contributed by atoms with Crippen molar-refractivity contribution >= 4 is 23.6 Å². The Balaban J connectivity index is 1.27. The van der Waals surface area contributed by atoms with Crippen LogP contribution in [0.3, 0.4) is 0 Å². The van der Waals surface area contributed by atoms with Crippen LogP contribution >= 0.6 is 0 Å². The van der Waals surface area contributed by atoms with Crippen LogP contribution in [-0.4, -0.2) is 39.0 Å². The van der Waals surface area contributed by atoms with E-state index in [1.54, 1.807) is 0 Å². The number of benzene rings is 2. The predicted octanol–water partition coefficient (Wildman–Crippen LogP) is 5.79. The molecule has 1 aliphatic carbocycles. The molecule has 5 rings (SSSR count). The predicted molar refractivity (Wildman–Crippen MR) is 155 cm³/mol. The summed E-state index contributed by atoms with van der Waals surface area (Å²) in [6.07, 6.45) is 5.29. The van der Waals surface area contributed by atoms with Crippen molar-refractivity contribution in [1.29, 1.82) is 0 Å². The molecule has 2 saturated heterocycles. The van der Waals surface area contributed by atoms with Crippen LogP contribution in [0, 0.1) is 29.1 Å². The van der Waals surface area contributed by atoms with Crippen molar-refractivity contribution in [2.24, 2.45) is 29.1 Å². The average Bonchev–Trinajstić information content (AvgIpc) is 3.28. The first-order chi connectivity index (χ1) is 19.0. The first-order valence-electron chi connectivity index (χ1n) is 14.6. The van der Waals surface area contributed by atoms with Crippen LogP contribution in [0.15, 0.2) is 61.2 Å². The molecule has 0 bridgehead atoms. The lowest BCUT2D eigenvalue weighted by molar-refractivity contribution is -0.149. The Kier molecular flexibility index (Phi) is 7.10. The molecule has 6 heteroatoms. The minimum absolute atomic E-state index is 0.0807. The van der Waals surface area contributed by atoms with Crippen molar-refractivity contribution in [3.8, 4) is 11.1 Å². The Bertz CT molecular complexity index is 1320. The summed E-state index contributed by atoms with van der Waals surface area (Å²) in [4.78, 5) is 55.9. The minimum atomic E-state index is -0.717. The van der Waals surface area contributed by atoms with Crippen LogP contribution in [-0.2, 0) is 32.1 Å². The highest BCUT2D eigenvalue weighted by molar-refractivity contribution is 6.18. The number of hydrogen-bond acceptors (Lipinski definition) is 4. The zero-order chi connectivity index (χ0) is 29.0. The number of carbonyl (C=O) groups is 4. The molecule has 2 aromatic carbocycles. The van der Waals surface area contributed by atoms with Gasteiger partial charge in [-0.25, -0.2) is 0 Å². The number of nitrogens with zero attached hydrogens (tertiary/aromatic N) is 2. The van der Waals surface area contributed by atoms with Crippen molar-refractivity contribution < 1.29 is 19.2 Å². The first-order valence-corrected chi connectivity index (χ1v) is 14.6. The molecule has 5 unspecified atom stereocenters. The van der Waals surface area contributed by atoms with Crippen molar-refractivity contribution in [2.75, 3.05) is 0 Å². The molecule has 2 aromatic rings. The maximum Gasteiger partial charge on any atom is 0.234 e. The van der Waals surface area contributed by atoms with E-state index in [2.05, 4.69) is 44.7 Å². The number of amides is 4. The van der Waals surface area contributed by atoms with Gasteiger partial charge < -0.3 is 0 Å². The normalized spacial score (nSPS) is 25.5. The Hall–Kier alpha value is -3.54. The highest BCUT2D eigenvalue weighted by Crippen LogP contribution is 2.58. The second kappa shape index (κ2) is 10.1. The molecule has 4 amide bonds. The lowest BCUT2D eigenvalue weighted by Crippen LogP contribution is -2.50. The second-order valence-corrected chi connectivity index (χ2v) is 12.4. The maximum absolute atomic E-state index is 13.4. The van der Waals surface area contributed by atoms with E-state index in [9.17, 15) is 19.2 Å². The summed E-state index contributed by atoms with van der Waals surface area (Å²) in [6, 6.07) is 16.4. The van der Waals surface area contributed by atoms with E-state index < -0.39 is 29.2 Å². The summed E-state index contributed by atoms with van der Waals surface area (Å²) < 4.78 is 0. The minimum Gasteiger partial charge on any atom is -0.278 e. The third kappa shape index (κ3) is 4.23. The van der Waals surface area contributed by atoms with Crippen LogP contribution in [0.1, 0.15) is 65.0 Å². The van der Waals surface area contributed by atoms with Gasteiger partial charge in [-0.15, -0.1) is 6.58 Å². The lowest BCUT2D eigenvalue weighted by atomic mass is 9.59. The molecular weight excluding hydrogens is 500 g/mol. The van der Waals surface area contributed by atoms with E-state index >= 15 is 0 Å². The third-order valence-corrected chi connectivity index (χ3v) is 10.2. The van der Waals surface area contributed by atoms with Crippen LogP contribution in [0.2, 0.25) is 0 Å². The zero-order valence-corrected chi connectivity index (χ0v) is 24.3. The van der Waals surface area contributed by atoms with Crippen molar-refractivity contribution in [2.45, 2.75) is 72.4 Å². The van der Waals surface area contributed by atoms with Crippen LogP contribution < -0.4 is 0 Å². The van der Waals surface area contributed by atoms with Gasteiger partial charge in [0.15, 0.2) is 0 Å². The zero-order valence-electron chi connectivity index (χ0n) is 24.3. The lowest BCUT2D eigenvalue weighted by Gasteiger charge is -2.36. The molecule has 3 aliphatic rings. The number of allylic oxidation sites excluding steroid dienone is 1. The van der Waals surface area contributed by atoms with Gasteiger partial charge in [0.05, 0.1) is 30.2 Å². The number of likely N-dealkylation sites (tertiary alicyclic amines) is 2. The van der Waals surface area contributed by atoms with Crippen LogP contribution in [0.5, 0.6) is 0 Å². The topological polar surface area (TPSA) is 74.8 Å². The van der Waals surface area contributed by atoms with E-state index in [1.165, 1.54) is 15.4 Å². The smallest absolute Gasteiger partial charge is 0.234 e. The fraction of sp³-hybridized carbons (Fsp3) is 0.471. The largest absolute Gasteiger partial charge is 0.278 e. The molecule has 0 radical (unpaired) electrons. The molecule has 6 nitrogen and oxygen atoms in total. The highest BCUT2D eigenvalue weighted by atomic mass is 16.2. The van der Waals surface area contributed by atoms with Gasteiger partial charge in [0.2, 0.25) is 23.6 Å². The Morgan fingerprint density at radius 2 is 1.10 bits per heavy atom. The molecule has 2 heterocycles. The van der Waals surface area contributed by atoms with E-state index in [0.717, 1.165) is 29.5 Å². The second-order valence-electron chi connectivity index (χ2n) is 12.4. The molecule has 0 aromatic heterocycles. The number of rotatable bonds is 10. The first kappa shape index (κ1) is 28.0. The third-order valence-electron chi connectivity index (χ3n) is 10.2. The van der Waals surface area contributed by atoms with Crippen molar-refractivity contribution in [3.63, 3.8) is 0 Å². The van der Waals surface area contributed by atoms with E-state index in [1.807, 2.05) is 51.1 Å². The number of carbonyl (C=O) groups excluding carboxylic acids is 4. The van der Waals surface area contributed by atoms with Gasteiger partial charge in [-0.05, 0) is 60.3 Å². The molecule has 2 aliphatic heterocycles. The van der Waals surface area contributed by atoms with Crippen molar-refractivity contribution in [3.05, 3.63) is 72.3 Å². The van der Waals surface area contributed by atoms with Gasteiger partial charge in [-0.1, -0.05) is 82.3 Å². The number of imide groups is 2. The van der Waals surface area contributed by atoms with Gasteiger partial charge in [-0.3, -0.25) is 29.0 Å². The number of fused-ring (bicyclic) bond motifs is 4. The summed E-state index contributed by atoms with van der Waals surface area (Å²) in [5.74, 6) is -4.07. The number of hydrogen-bond donors (Lipinski definition) is 0. The average molecular weight is 541 g/mol. The summed E-state index contributed by atoms with van der Waals surface area (Å²) in [5, 5.41) is 0. The monoisotopic (exact) mass is 540 g/mol. The Morgan fingerprint density at radius 1 is 0.675 bits per heavy atom. The molecule has 210 valence electrons. The quantitative estimate of drug-likeness (QED) is 0.282. The standard InChI is InChI=1S/C34H40N2O4/c1-7-33(5,8-2)19-21-11-15-23(16-12-21)24-17-13-22(14-18-24)20-35-29(37)25-26(30(35)38)28-27(25)31(39)36(32(28)40)34(6,9-3)10-4/h7,11-18,25-28H,1,8-10,19-20H2,2-6H3. The Labute approximate surface area is 237 Å². The van der Waals surface area contributed by atoms with E-state index in [-0.39, 0.29) is 35.6 Å². The summed E-state index contributed by atoms with van der Waals surface area (Å²) >= 11 is 0. The molecule has 3 fully saturated rings. The van der Waals surface area contributed by atoms with Crippen LogP contribution in [0.25, 0.3) is 11.1 Å². The Morgan fingerprint density at radius 3 is 1.50 bits per heavy atom. The fourth-order valence-corrected chi connectivity index (χ4v) is 6.71. The van der Waals surface area contributed by atoms with Gasteiger partial charge in [0, 0.05) is 5.54 Å². The van der Waals surface area contributed by atoms with Gasteiger partial charge in [-0.2, -0.15) is 0 Å². The SMILES string of the molecule is C=CC(C)(CC)Cc1ccc(-c2ccc(CN3C(=O)C4C(C3=O)C3C(=O)N(C(C)(CC)CC)C(=O)C43)cc2)cc1. The molecule has 5 atom stereocenters. The van der Waals surface area contributed by atoms with E-state index in [0.29, 0.717) is 12.8 Å². The summed E-state index contributed by atoms with van der Waals surface area (Å²) in [5.41, 5.74) is 3.74. The van der Waals surface area contributed by atoms with Crippen LogP contribution in [0.4, 0.5) is 0 Å². The molecule has 0 N–H and O–H groups in total. The van der Waals surface area contributed by atoms with Crippen molar-refractivity contribution in [1.82, 2.24) is 9.80 Å². The molecule has 0 spiro atoms. The van der Waals surface area contributed by atoms with Gasteiger partial charge in [0.1, 0.15) is 0 Å². The van der Waals surface area contributed by atoms with E-state index in [4.69, 9.17) is 0 Å². The fourth-order valence-electron chi connectivity index (χ4n) is 6.71. The van der Waals surface area contributed by atoms with Gasteiger partial charge >= 0.3 is 0 Å². The molecule has 40 heavy (non-hydrogen) atoms. The summed E-state index contributed by atoms with van der Waals surface area (Å²) in [7, 11) is 0.